The van der Waals surface area contributed by atoms with Crippen LogP contribution < -0.4 is 5.32 Å². The third-order valence-corrected chi connectivity index (χ3v) is 5.25. The van der Waals surface area contributed by atoms with Gasteiger partial charge in [0.05, 0.1) is 12.2 Å². The normalized spacial score (nSPS) is 33.8. The van der Waals surface area contributed by atoms with Crippen molar-refractivity contribution in [1.82, 2.24) is 5.32 Å². The second kappa shape index (κ2) is 6.11. The van der Waals surface area contributed by atoms with Crippen molar-refractivity contribution in [2.24, 2.45) is 11.3 Å². The predicted molar refractivity (Wildman–Crippen MR) is 78.4 cm³/mol. The van der Waals surface area contributed by atoms with Gasteiger partial charge in [-0.2, -0.15) is 0 Å². The zero-order valence-electron chi connectivity index (χ0n) is 13.1. The van der Waals surface area contributed by atoms with Crippen LogP contribution in [0.25, 0.3) is 0 Å². The van der Waals surface area contributed by atoms with E-state index in [0.29, 0.717) is 17.4 Å². The highest BCUT2D eigenvalue weighted by molar-refractivity contribution is 4.97. The molecule has 2 aliphatic rings. The molecule has 19 heavy (non-hydrogen) atoms. The number of rotatable bonds is 5. The summed E-state index contributed by atoms with van der Waals surface area (Å²) in [6.07, 6.45) is 4.64. The maximum absolute atomic E-state index is 6.08. The minimum Gasteiger partial charge on any atom is -0.378 e. The Labute approximate surface area is 118 Å². The summed E-state index contributed by atoms with van der Waals surface area (Å²) < 4.78 is 11.7. The summed E-state index contributed by atoms with van der Waals surface area (Å²) in [6, 6.07) is 0.587. The van der Waals surface area contributed by atoms with E-state index in [0.717, 1.165) is 39.2 Å². The second-order valence-electron chi connectivity index (χ2n) is 6.96. The summed E-state index contributed by atoms with van der Waals surface area (Å²) in [4.78, 5) is 0. The van der Waals surface area contributed by atoms with Gasteiger partial charge >= 0.3 is 0 Å². The minimum atomic E-state index is 0.0282. The summed E-state index contributed by atoms with van der Waals surface area (Å²) in [5.41, 5.74) is 0.374. The Hall–Kier alpha value is -0.120. The van der Waals surface area contributed by atoms with E-state index >= 15 is 0 Å². The molecule has 0 bridgehead atoms. The van der Waals surface area contributed by atoms with Crippen molar-refractivity contribution in [3.8, 4) is 0 Å². The Morgan fingerprint density at radius 3 is 2.68 bits per heavy atom. The molecule has 0 aliphatic carbocycles. The zero-order valence-corrected chi connectivity index (χ0v) is 13.1. The molecule has 2 saturated heterocycles. The van der Waals surface area contributed by atoms with Crippen molar-refractivity contribution >= 4 is 0 Å². The molecule has 0 aromatic rings. The molecule has 3 nitrogen and oxygen atoms in total. The van der Waals surface area contributed by atoms with E-state index in [1.807, 2.05) is 0 Å². The maximum atomic E-state index is 6.08. The molecule has 0 aromatic heterocycles. The van der Waals surface area contributed by atoms with E-state index in [1.54, 1.807) is 0 Å². The van der Waals surface area contributed by atoms with Gasteiger partial charge in [0.1, 0.15) is 0 Å². The molecule has 0 amide bonds. The standard InChI is InChI=1S/C16H31NO2/c1-5-15(3,4)14(17-6-2)13-7-9-19-16(11-13)8-10-18-12-16/h13-14,17H,5-12H2,1-4H3. The molecule has 2 fully saturated rings. The Balaban J connectivity index is 2.08. The lowest BCUT2D eigenvalue weighted by molar-refractivity contribution is -0.109. The van der Waals surface area contributed by atoms with Gasteiger partial charge in [-0.15, -0.1) is 0 Å². The van der Waals surface area contributed by atoms with Gasteiger partial charge in [-0.3, -0.25) is 0 Å². The molecule has 3 atom stereocenters. The van der Waals surface area contributed by atoms with Crippen LogP contribution in [-0.2, 0) is 9.47 Å². The third-order valence-electron chi connectivity index (χ3n) is 5.25. The predicted octanol–water partition coefficient (Wildman–Crippen LogP) is 2.99. The van der Waals surface area contributed by atoms with Crippen molar-refractivity contribution in [2.75, 3.05) is 26.4 Å². The lowest BCUT2D eigenvalue weighted by atomic mass is 9.70. The zero-order chi connectivity index (χ0) is 13.9. The Bertz CT molecular complexity index is 284. The van der Waals surface area contributed by atoms with Crippen molar-refractivity contribution in [2.45, 2.75) is 65.0 Å². The average molecular weight is 269 g/mol. The molecule has 1 N–H and O–H groups in total. The first-order chi connectivity index (χ1) is 9.03. The first kappa shape index (κ1) is 15.3. The van der Waals surface area contributed by atoms with E-state index < -0.39 is 0 Å². The summed E-state index contributed by atoms with van der Waals surface area (Å²) >= 11 is 0. The topological polar surface area (TPSA) is 30.5 Å². The fourth-order valence-electron chi connectivity index (χ4n) is 3.73. The van der Waals surface area contributed by atoms with Crippen LogP contribution in [0.15, 0.2) is 0 Å². The average Bonchev–Trinajstić information content (AvgIpc) is 2.83. The molecule has 3 heteroatoms. The van der Waals surface area contributed by atoms with Crippen LogP contribution in [0, 0.1) is 11.3 Å². The minimum absolute atomic E-state index is 0.0282. The van der Waals surface area contributed by atoms with Gasteiger partial charge < -0.3 is 14.8 Å². The summed E-state index contributed by atoms with van der Waals surface area (Å²) in [7, 11) is 0. The Morgan fingerprint density at radius 2 is 2.11 bits per heavy atom. The third kappa shape index (κ3) is 3.32. The molecular formula is C16H31NO2. The van der Waals surface area contributed by atoms with Crippen LogP contribution in [0.3, 0.4) is 0 Å². The number of ether oxygens (including phenoxy) is 2. The number of nitrogens with one attached hydrogen (secondary N) is 1. The van der Waals surface area contributed by atoms with E-state index in [9.17, 15) is 0 Å². The van der Waals surface area contributed by atoms with Gasteiger partial charge in [-0.05, 0) is 37.1 Å². The van der Waals surface area contributed by atoms with Gasteiger partial charge in [0.25, 0.3) is 0 Å². The fourth-order valence-corrected chi connectivity index (χ4v) is 3.73. The Kier molecular flexibility index (Phi) is 4.91. The van der Waals surface area contributed by atoms with Crippen molar-refractivity contribution in [3.63, 3.8) is 0 Å². The molecule has 2 aliphatic heterocycles. The molecule has 2 rings (SSSR count). The van der Waals surface area contributed by atoms with Gasteiger partial charge in [-0.25, -0.2) is 0 Å². The summed E-state index contributed by atoms with van der Waals surface area (Å²) in [5.74, 6) is 0.713. The molecule has 2 heterocycles. The smallest absolute Gasteiger partial charge is 0.0939 e. The molecule has 3 unspecified atom stereocenters. The quantitative estimate of drug-likeness (QED) is 0.832. The first-order valence-corrected chi connectivity index (χ1v) is 7.98. The van der Waals surface area contributed by atoms with Crippen LogP contribution in [0.5, 0.6) is 0 Å². The van der Waals surface area contributed by atoms with Crippen LogP contribution in [-0.4, -0.2) is 38.0 Å². The van der Waals surface area contributed by atoms with Crippen molar-refractivity contribution in [3.05, 3.63) is 0 Å². The van der Waals surface area contributed by atoms with Gasteiger partial charge in [-0.1, -0.05) is 27.7 Å². The molecular weight excluding hydrogens is 238 g/mol. The molecule has 0 aromatic carbocycles. The molecule has 0 radical (unpaired) electrons. The Morgan fingerprint density at radius 1 is 1.32 bits per heavy atom. The van der Waals surface area contributed by atoms with Crippen LogP contribution in [0.4, 0.5) is 0 Å². The molecule has 0 saturated carbocycles. The SMILES string of the molecule is CCNC(C1CCOC2(CCOC2)C1)C(C)(C)CC. The van der Waals surface area contributed by atoms with Crippen molar-refractivity contribution < 1.29 is 9.47 Å². The summed E-state index contributed by atoms with van der Waals surface area (Å²) in [5, 5.41) is 3.75. The van der Waals surface area contributed by atoms with E-state index in [1.165, 1.54) is 12.8 Å². The van der Waals surface area contributed by atoms with Gasteiger partial charge in [0.2, 0.25) is 0 Å². The van der Waals surface area contributed by atoms with Gasteiger partial charge in [0, 0.05) is 25.7 Å². The van der Waals surface area contributed by atoms with Gasteiger partial charge in [0.15, 0.2) is 0 Å². The van der Waals surface area contributed by atoms with Crippen LogP contribution >= 0.6 is 0 Å². The fraction of sp³-hybridized carbons (Fsp3) is 1.00. The first-order valence-electron chi connectivity index (χ1n) is 7.98. The summed E-state index contributed by atoms with van der Waals surface area (Å²) in [6.45, 7) is 12.9. The number of hydrogen-bond donors (Lipinski definition) is 1. The maximum Gasteiger partial charge on any atom is 0.0939 e. The second-order valence-corrected chi connectivity index (χ2v) is 6.96. The largest absolute Gasteiger partial charge is 0.378 e. The highest BCUT2D eigenvalue weighted by Gasteiger charge is 2.45. The lowest BCUT2D eigenvalue weighted by Crippen LogP contribution is -2.52. The van der Waals surface area contributed by atoms with E-state index in [2.05, 4.69) is 33.0 Å². The lowest BCUT2D eigenvalue weighted by Gasteiger charge is -2.46. The highest BCUT2D eigenvalue weighted by Crippen LogP contribution is 2.41. The highest BCUT2D eigenvalue weighted by atomic mass is 16.6. The van der Waals surface area contributed by atoms with E-state index in [4.69, 9.17) is 9.47 Å². The van der Waals surface area contributed by atoms with E-state index in [-0.39, 0.29) is 5.60 Å². The van der Waals surface area contributed by atoms with Crippen LogP contribution in [0.1, 0.15) is 53.4 Å². The molecule has 1 spiro atoms. The van der Waals surface area contributed by atoms with Crippen molar-refractivity contribution in [1.29, 1.82) is 0 Å². The number of hydrogen-bond acceptors (Lipinski definition) is 3. The monoisotopic (exact) mass is 269 g/mol. The van der Waals surface area contributed by atoms with Crippen LogP contribution in [0.2, 0.25) is 0 Å². The molecule has 112 valence electrons.